The van der Waals surface area contributed by atoms with E-state index in [0.29, 0.717) is 11.9 Å². The van der Waals surface area contributed by atoms with E-state index in [9.17, 15) is 4.79 Å². The van der Waals surface area contributed by atoms with E-state index >= 15 is 0 Å². The molecule has 2 aromatic heterocycles. The van der Waals surface area contributed by atoms with Gasteiger partial charge in [-0.2, -0.15) is 5.10 Å². The predicted molar refractivity (Wildman–Crippen MR) is 58.0 cm³/mol. The van der Waals surface area contributed by atoms with Gasteiger partial charge in [0.05, 0.1) is 24.2 Å². The summed E-state index contributed by atoms with van der Waals surface area (Å²) in [6.45, 7) is 0.660. The smallest absolute Gasteiger partial charge is 0.357 e. The van der Waals surface area contributed by atoms with Gasteiger partial charge in [0.25, 0.3) is 0 Å². The first kappa shape index (κ1) is 10.6. The number of esters is 1. The number of aromatic amines is 1. The first-order valence-electron chi connectivity index (χ1n) is 4.81. The second-order valence-electron chi connectivity index (χ2n) is 3.31. The third-order valence-electron chi connectivity index (χ3n) is 2.31. The van der Waals surface area contributed by atoms with E-state index in [1.54, 1.807) is 12.4 Å². The Balaban J connectivity index is 2.59. The number of H-pyrrole nitrogens is 1. The van der Waals surface area contributed by atoms with E-state index in [4.69, 9.17) is 0 Å². The molecule has 2 N–H and O–H groups in total. The molecule has 0 aromatic carbocycles. The number of nitrogens with one attached hydrogen (secondary N) is 2. The Morgan fingerprint density at radius 3 is 3.06 bits per heavy atom. The fourth-order valence-electron chi connectivity index (χ4n) is 1.57. The number of rotatable bonds is 3. The molecule has 0 spiro atoms. The van der Waals surface area contributed by atoms with Crippen LogP contribution in [0.25, 0.3) is 10.9 Å². The van der Waals surface area contributed by atoms with Gasteiger partial charge >= 0.3 is 5.97 Å². The highest BCUT2D eigenvalue weighted by Gasteiger charge is 2.15. The minimum absolute atomic E-state index is 0.283. The highest BCUT2D eigenvalue weighted by molar-refractivity contribution is 6.02. The molecule has 6 nitrogen and oxygen atoms in total. The fraction of sp³-hybridized carbons (Fsp3) is 0.300. The lowest BCUT2D eigenvalue weighted by Crippen LogP contribution is -2.09. The summed E-state index contributed by atoms with van der Waals surface area (Å²) in [5.41, 5.74) is 2.05. The minimum Gasteiger partial charge on any atom is -0.464 e. The second-order valence-corrected chi connectivity index (χ2v) is 3.31. The molecule has 2 heterocycles. The SMILES string of the molecule is CNCc1cnc(C(=O)OC)c2cn[nH]c12. The predicted octanol–water partition coefficient (Wildman–Crippen LogP) is 0.464. The molecule has 6 heteroatoms. The van der Waals surface area contributed by atoms with Gasteiger partial charge in [-0.25, -0.2) is 9.78 Å². The summed E-state index contributed by atoms with van der Waals surface area (Å²) in [6.07, 6.45) is 3.22. The van der Waals surface area contributed by atoms with Gasteiger partial charge in [0.2, 0.25) is 0 Å². The van der Waals surface area contributed by atoms with Gasteiger partial charge in [0.15, 0.2) is 5.69 Å². The van der Waals surface area contributed by atoms with Gasteiger partial charge in [-0.3, -0.25) is 5.10 Å². The summed E-state index contributed by atoms with van der Waals surface area (Å²) in [6, 6.07) is 0. The summed E-state index contributed by atoms with van der Waals surface area (Å²) in [4.78, 5) is 15.5. The summed E-state index contributed by atoms with van der Waals surface area (Å²) in [5, 5.41) is 10.5. The van der Waals surface area contributed by atoms with Crippen molar-refractivity contribution in [2.75, 3.05) is 14.2 Å². The Bertz CT molecular complexity index is 521. The van der Waals surface area contributed by atoms with E-state index < -0.39 is 5.97 Å². The number of methoxy groups -OCH3 is 1. The van der Waals surface area contributed by atoms with Crippen LogP contribution >= 0.6 is 0 Å². The summed E-state index contributed by atoms with van der Waals surface area (Å²) >= 11 is 0. The highest BCUT2D eigenvalue weighted by Crippen LogP contribution is 2.18. The van der Waals surface area contributed by atoms with Crippen LogP contribution in [0.5, 0.6) is 0 Å². The number of fused-ring (bicyclic) bond motifs is 1. The molecule has 0 radical (unpaired) electrons. The van der Waals surface area contributed by atoms with Gasteiger partial charge in [-0.15, -0.1) is 0 Å². The molecule has 0 atom stereocenters. The van der Waals surface area contributed by atoms with E-state index in [1.165, 1.54) is 7.11 Å². The molecule has 0 aliphatic rings. The third kappa shape index (κ3) is 1.63. The van der Waals surface area contributed by atoms with Crippen LogP contribution in [-0.2, 0) is 11.3 Å². The molecule has 0 aliphatic carbocycles. The highest BCUT2D eigenvalue weighted by atomic mass is 16.5. The number of carbonyl (C=O) groups is 1. The van der Waals surface area contributed by atoms with Crippen LogP contribution in [0.15, 0.2) is 12.4 Å². The normalized spacial score (nSPS) is 10.6. The van der Waals surface area contributed by atoms with Gasteiger partial charge in [0.1, 0.15) is 0 Å². The molecule has 84 valence electrons. The number of hydrogen-bond donors (Lipinski definition) is 2. The number of ether oxygens (including phenoxy) is 1. The number of hydrogen-bond acceptors (Lipinski definition) is 5. The molecule has 0 fully saturated rings. The average molecular weight is 220 g/mol. The van der Waals surface area contributed by atoms with Crippen molar-refractivity contribution in [1.82, 2.24) is 20.5 Å². The third-order valence-corrected chi connectivity index (χ3v) is 2.31. The molecule has 2 aromatic rings. The lowest BCUT2D eigenvalue weighted by Gasteiger charge is -2.04. The molecule has 2 rings (SSSR count). The van der Waals surface area contributed by atoms with E-state index in [2.05, 4.69) is 25.2 Å². The Labute approximate surface area is 92.0 Å². The van der Waals surface area contributed by atoms with Crippen molar-refractivity contribution >= 4 is 16.9 Å². The summed E-state index contributed by atoms with van der Waals surface area (Å²) < 4.78 is 4.65. The monoisotopic (exact) mass is 220 g/mol. The van der Waals surface area contributed by atoms with Crippen LogP contribution in [0.4, 0.5) is 0 Å². The van der Waals surface area contributed by atoms with Gasteiger partial charge in [-0.1, -0.05) is 0 Å². The van der Waals surface area contributed by atoms with Crippen LogP contribution in [0, 0.1) is 0 Å². The molecule has 0 aliphatic heterocycles. The number of carbonyl (C=O) groups excluding carboxylic acids is 1. The first-order chi connectivity index (χ1) is 7.77. The van der Waals surface area contributed by atoms with Crippen molar-refractivity contribution in [3.63, 3.8) is 0 Å². The number of nitrogens with zero attached hydrogens (tertiary/aromatic N) is 2. The van der Waals surface area contributed by atoms with Crippen LogP contribution < -0.4 is 5.32 Å². The first-order valence-corrected chi connectivity index (χ1v) is 4.81. The number of pyridine rings is 1. The van der Waals surface area contributed by atoms with E-state index in [1.807, 2.05) is 7.05 Å². The van der Waals surface area contributed by atoms with E-state index in [0.717, 1.165) is 11.1 Å². The molecule has 0 saturated carbocycles. The average Bonchev–Trinajstić information content (AvgIpc) is 2.78. The zero-order valence-electron chi connectivity index (χ0n) is 9.07. The number of aromatic nitrogens is 3. The van der Waals surface area contributed by atoms with Crippen LogP contribution in [0.3, 0.4) is 0 Å². The van der Waals surface area contributed by atoms with Crippen LogP contribution in [0.2, 0.25) is 0 Å². The molecular formula is C10H12N4O2. The van der Waals surface area contributed by atoms with Crippen LogP contribution in [-0.4, -0.2) is 35.3 Å². The van der Waals surface area contributed by atoms with Gasteiger partial charge in [-0.05, 0) is 7.05 Å². The molecule has 0 saturated heterocycles. The zero-order chi connectivity index (χ0) is 11.5. The van der Waals surface area contributed by atoms with Crippen molar-refractivity contribution in [2.24, 2.45) is 0 Å². The molecule has 0 unspecified atom stereocenters. The van der Waals surface area contributed by atoms with Crippen molar-refractivity contribution in [3.8, 4) is 0 Å². The summed E-state index contributed by atoms with van der Waals surface area (Å²) in [7, 11) is 3.17. The minimum atomic E-state index is -0.456. The summed E-state index contributed by atoms with van der Waals surface area (Å²) in [5.74, 6) is -0.456. The standard InChI is InChI=1S/C10H12N4O2/c1-11-3-6-4-12-9(10(15)16-2)7-5-13-14-8(6)7/h4-5,11H,3H2,1-2H3,(H,13,14). The van der Waals surface area contributed by atoms with Crippen molar-refractivity contribution < 1.29 is 9.53 Å². The van der Waals surface area contributed by atoms with Crippen molar-refractivity contribution in [1.29, 1.82) is 0 Å². The Kier molecular flexibility index (Phi) is 2.82. The topological polar surface area (TPSA) is 79.9 Å². The second kappa shape index (κ2) is 4.28. The van der Waals surface area contributed by atoms with Crippen molar-refractivity contribution in [2.45, 2.75) is 6.54 Å². The Hall–Kier alpha value is -1.95. The zero-order valence-corrected chi connectivity index (χ0v) is 9.07. The largest absolute Gasteiger partial charge is 0.464 e. The van der Waals surface area contributed by atoms with Gasteiger partial charge in [0, 0.05) is 18.3 Å². The lowest BCUT2D eigenvalue weighted by molar-refractivity contribution is 0.0596. The molecule has 0 bridgehead atoms. The maximum absolute atomic E-state index is 11.5. The molecule has 16 heavy (non-hydrogen) atoms. The molecule has 0 amide bonds. The maximum atomic E-state index is 11.5. The maximum Gasteiger partial charge on any atom is 0.357 e. The fourth-order valence-corrected chi connectivity index (χ4v) is 1.57. The van der Waals surface area contributed by atoms with Crippen LogP contribution in [0.1, 0.15) is 16.1 Å². The Morgan fingerprint density at radius 2 is 2.38 bits per heavy atom. The van der Waals surface area contributed by atoms with Crippen molar-refractivity contribution in [3.05, 3.63) is 23.7 Å². The van der Waals surface area contributed by atoms with Gasteiger partial charge < -0.3 is 10.1 Å². The molecular weight excluding hydrogens is 208 g/mol. The lowest BCUT2D eigenvalue weighted by atomic mass is 10.1. The van der Waals surface area contributed by atoms with E-state index in [-0.39, 0.29) is 5.69 Å². The quantitative estimate of drug-likeness (QED) is 0.735. The Morgan fingerprint density at radius 1 is 1.56 bits per heavy atom.